The predicted octanol–water partition coefficient (Wildman–Crippen LogP) is 3.56. The van der Waals surface area contributed by atoms with Gasteiger partial charge in [0.05, 0.1) is 19.3 Å². The zero-order chi connectivity index (χ0) is 22.0. The highest BCUT2D eigenvalue weighted by Gasteiger charge is 2.47. The fourth-order valence-corrected chi connectivity index (χ4v) is 4.45. The Morgan fingerprint density at radius 1 is 1.20 bits per heavy atom. The van der Waals surface area contributed by atoms with E-state index in [-0.39, 0.29) is 11.7 Å². The summed E-state index contributed by atoms with van der Waals surface area (Å²) in [4.78, 5) is 39.0. The van der Waals surface area contributed by atoms with Gasteiger partial charge in [-0.3, -0.25) is 9.59 Å². The van der Waals surface area contributed by atoms with Crippen molar-refractivity contribution >= 4 is 17.7 Å². The SMILES string of the molecule is CCCOC(=O)C1=C(C)NC2=C(C(=O)[C@@H](C(=O)OC)[C@H](C)C2)[C@H]1c1ccccc1C. The summed E-state index contributed by atoms with van der Waals surface area (Å²) in [6, 6.07) is 7.69. The highest BCUT2D eigenvalue weighted by Crippen LogP contribution is 2.46. The van der Waals surface area contributed by atoms with Gasteiger partial charge in [-0.1, -0.05) is 38.1 Å². The van der Waals surface area contributed by atoms with Gasteiger partial charge in [-0.2, -0.15) is 0 Å². The molecule has 160 valence electrons. The number of carbonyl (C=O) groups is 3. The molecule has 1 aromatic carbocycles. The van der Waals surface area contributed by atoms with E-state index in [4.69, 9.17) is 9.47 Å². The normalized spacial score (nSPS) is 23.6. The smallest absolute Gasteiger partial charge is 0.336 e. The Kier molecular flexibility index (Phi) is 6.44. The summed E-state index contributed by atoms with van der Waals surface area (Å²) in [5, 5.41) is 3.27. The minimum Gasteiger partial charge on any atom is -0.468 e. The lowest BCUT2D eigenvalue weighted by atomic mass is 9.68. The number of ketones is 1. The highest BCUT2D eigenvalue weighted by molar-refractivity contribution is 6.12. The van der Waals surface area contributed by atoms with Crippen LogP contribution in [-0.2, 0) is 23.9 Å². The number of ether oxygens (including phenoxy) is 2. The number of hydrogen-bond acceptors (Lipinski definition) is 6. The lowest BCUT2D eigenvalue weighted by Gasteiger charge is -2.38. The molecule has 3 rings (SSSR count). The van der Waals surface area contributed by atoms with E-state index in [1.54, 1.807) is 0 Å². The molecule has 3 atom stereocenters. The third-order valence-corrected chi connectivity index (χ3v) is 5.90. The first-order valence-corrected chi connectivity index (χ1v) is 10.4. The molecule has 6 nitrogen and oxygen atoms in total. The molecule has 1 aliphatic heterocycles. The van der Waals surface area contributed by atoms with Gasteiger partial charge < -0.3 is 14.8 Å². The van der Waals surface area contributed by atoms with E-state index in [2.05, 4.69) is 5.32 Å². The van der Waals surface area contributed by atoms with Crippen molar-refractivity contribution in [3.8, 4) is 0 Å². The Bertz CT molecular complexity index is 943. The summed E-state index contributed by atoms with van der Waals surface area (Å²) in [6.07, 6.45) is 1.23. The molecule has 0 amide bonds. The standard InChI is InChI=1S/C24H29NO5/c1-6-11-30-24(28)19-15(4)25-17-12-14(3)18(23(27)29-5)22(26)21(17)20(19)16-10-8-7-9-13(16)2/h7-10,14,18,20,25H,6,11-12H2,1-5H3/t14-,18+,20+/m1/s1. The quantitative estimate of drug-likeness (QED) is 0.589. The summed E-state index contributed by atoms with van der Waals surface area (Å²) in [5.41, 5.74) is 4.16. The number of dihydropyridines is 1. The fourth-order valence-electron chi connectivity index (χ4n) is 4.45. The third-order valence-electron chi connectivity index (χ3n) is 5.90. The van der Waals surface area contributed by atoms with Crippen molar-refractivity contribution in [3.05, 3.63) is 57.9 Å². The summed E-state index contributed by atoms with van der Waals surface area (Å²) < 4.78 is 10.4. The van der Waals surface area contributed by atoms with Gasteiger partial charge in [0, 0.05) is 22.9 Å². The first-order chi connectivity index (χ1) is 14.3. The Balaban J connectivity index is 2.18. The van der Waals surface area contributed by atoms with Crippen molar-refractivity contribution in [2.45, 2.75) is 46.5 Å². The molecule has 1 aliphatic carbocycles. The molecule has 0 saturated heterocycles. The van der Waals surface area contributed by atoms with Crippen molar-refractivity contribution in [2.75, 3.05) is 13.7 Å². The average molecular weight is 411 g/mol. The number of benzene rings is 1. The minimum absolute atomic E-state index is 0.199. The molecule has 1 heterocycles. The maximum atomic E-state index is 13.6. The average Bonchev–Trinajstić information content (AvgIpc) is 2.71. The zero-order valence-electron chi connectivity index (χ0n) is 18.2. The van der Waals surface area contributed by atoms with Gasteiger partial charge in [0.25, 0.3) is 0 Å². The summed E-state index contributed by atoms with van der Waals surface area (Å²) in [6.45, 7) is 7.89. The van der Waals surface area contributed by atoms with E-state index in [0.717, 1.165) is 16.8 Å². The second-order valence-electron chi connectivity index (χ2n) is 8.03. The van der Waals surface area contributed by atoms with Crippen LogP contribution in [0.2, 0.25) is 0 Å². The van der Waals surface area contributed by atoms with Crippen LogP contribution in [0.4, 0.5) is 0 Å². The lowest BCUT2D eigenvalue weighted by Crippen LogP contribution is -2.43. The topological polar surface area (TPSA) is 81.7 Å². The Hall–Kier alpha value is -2.89. The summed E-state index contributed by atoms with van der Waals surface area (Å²) in [7, 11) is 1.29. The molecular formula is C24H29NO5. The molecule has 0 radical (unpaired) electrons. The number of aryl methyl sites for hydroxylation is 1. The van der Waals surface area contributed by atoms with Gasteiger partial charge in [0.15, 0.2) is 5.78 Å². The van der Waals surface area contributed by atoms with Crippen molar-refractivity contribution < 1.29 is 23.9 Å². The van der Waals surface area contributed by atoms with E-state index >= 15 is 0 Å². The summed E-state index contributed by atoms with van der Waals surface area (Å²) in [5.74, 6) is -2.93. The molecule has 1 aromatic rings. The number of nitrogens with one attached hydrogen (secondary N) is 1. The van der Waals surface area contributed by atoms with Gasteiger partial charge in [0.1, 0.15) is 5.92 Å². The zero-order valence-corrected chi connectivity index (χ0v) is 18.2. The number of allylic oxidation sites excluding steroid dienone is 3. The first-order valence-electron chi connectivity index (χ1n) is 10.4. The van der Waals surface area contributed by atoms with Crippen molar-refractivity contribution in [1.29, 1.82) is 0 Å². The Labute approximate surface area is 177 Å². The van der Waals surface area contributed by atoms with E-state index in [0.29, 0.717) is 36.3 Å². The molecule has 30 heavy (non-hydrogen) atoms. The van der Waals surface area contributed by atoms with E-state index in [1.165, 1.54) is 7.11 Å². The van der Waals surface area contributed by atoms with Gasteiger partial charge in [-0.25, -0.2) is 4.79 Å². The predicted molar refractivity (Wildman–Crippen MR) is 112 cm³/mol. The van der Waals surface area contributed by atoms with Crippen LogP contribution in [0.1, 0.15) is 50.7 Å². The van der Waals surface area contributed by atoms with Crippen LogP contribution in [0, 0.1) is 18.8 Å². The molecule has 0 saturated carbocycles. The number of carbonyl (C=O) groups excluding carboxylic acids is 3. The highest BCUT2D eigenvalue weighted by atomic mass is 16.5. The molecule has 0 unspecified atom stereocenters. The Morgan fingerprint density at radius 3 is 2.53 bits per heavy atom. The van der Waals surface area contributed by atoms with Crippen molar-refractivity contribution in [1.82, 2.24) is 5.32 Å². The van der Waals surface area contributed by atoms with Crippen molar-refractivity contribution in [2.24, 2.45) is 11.8 Å². The molecule has 2 aliphatic rings. The van der Waals surface area contributed by atoms with Crippen LogP contribution < -0.4 is 5.32 Å². The van der Waals surface area contributed by atoms with Crippen LogP contribution >= 0.6 is 0 Å². The van der Waals surface area contributed by atoms with E-state index < -0.39 is 23.8 Å². The lowest BCUT2D eigenvalue weighted by molar-refractivity contribution is -0.151. The summed E-state index contributed by atoms with van der Waals surface area (Å²) >= 11 is 0. The fraction of sp³-hybridized carbons (Fsp3) is 0.458. The van der Waals surface area contributed by atoms with Gasteiger partial charge in [0.2, 0.25) is 0 Å². The Morgan fingerprint density at radius 2 is 1.90 bits per heavy atom. The van der Waals surface area contributed by atoms with Crippen LogP contribution in [-0.4, -0.2) is 31.4 Å². The number of hydrogen-bond donors (Lipinski definition) is 1. The minimum atomic E-state index is -0.881. The molecule has 0 bridgehead atoms. The van der Waals surface area contributed by atoms with Crippen LogP contribution in [0.3, 0.4) is 0 Å². The van der Waals surface area contributed by atoms with Crippen LogP contribution in [0.25, 0.3) is 0 Å². The monoisotopic (exact) mass is 411 g/mol. The molecule has 0 fully saturated rings. The second kappa shape index (κ2) is 8.86. The molecule has 6 heteroatoms. The van der Waals surface area contributed by atoms with Crippen LogP contribution in [0.15, 0.2) is 46.8 Å². The number of esters is 2. The third kappa shape index (κ3) is 3.78. The molecule has 0 aromatic heterocycles. The maximum Gasteiger partial charge on any atom is 0.336 e. The van der Waals surface area contributed by atoms with E-state index in [9.17, 15) is 14.4 Å². The van der Waals surface area contributed by atoms with Crippen molar-refractivity contribution in [3.63, 3.8) is 0 Å². The van der Waals surface area contributed by atoms with Crippen LogP contribution in [0.5, 0.6) is 0 Å². The first kappa shape index (κ1) is 21.8. The molecule has 1 N–H and O–H groups in total. The molecule has 0 spiro atoms. The molecular weight excluding hydrogens is 382 g/mol. The van der Waals surface area contributed by atoms with Gasteiger partial charge in [-0.05, 0) is 43.7 Å². The second-order valence-corrected chi connectivity index (χ2v) is 8.03. The van der Waals surface area contributed by atoms with Gasteiger partial charge >= 0.3 is 11.9 Å². The maximum absolute atomic E-state index is 13.6. The van der Waals surface area contributed by atoms with Gasteiger partial charge in [-0.15, -0.1) is 0 Å². The largest absolute Gasteiger partial charge is 0.468 e. The number of methoxy groups -OCH3 is 1. The number of rotatable bonds is 5. The number of Topliss-reactive ketones (excluding diaryl/α,β-unsaturated/α-hetero) is 1. The van der Waals surface area contributed by atoms with E-state index in [1.807, 2.05) is 52.0 Å².